The van der Waals surface area contributed by atoms with Crippen LogP contribution in [0.3, 0.4) is 0 Å². The summed E-state index contributed by atoms with van der Waals surface area (Å²) >= 11 is 0. The monoisotopic (exact) mass is 528 g/mol. The fourth-order valence-corrected chi connectivity index (χ4v) is 6.17. The molecule has 0 aliphatic heterocycles. The zero-order valence-corrected chi connectivity index (χ0v) is 23.4. The summed E-state index contributed by atoms with van der Waals surface area (Å²) in [5, 5.41) is 9.79. The van der Waals surface area contributed by atoms with Crippen LogP contribution in [0, 0.1) is 16.6 Å². The molecule has 0 radical (unpaired) electrons. The summed E-state index contributed by atoms with van der Waals surface area (Å²) in [7, 11) is 1.59. The molecule has 0 saturated carbocycles. The Hall–Kier alpha value is -3.60. The van der Waals surface area contributed by atoms with Gasteiger partial charge in [-0.05, 0) is 115 Å². The van der Waals surface area contributed by atoms with E-state index in [1.54, 1.807) is 33.1 Å². The van der Waals surface area contributed by atoms with E-state index in [1.807, 2.05) is 24.3 Å². The number of hydrogen-bond acceptors (Lipinski definition) is 3. The summed E-state index contributed by atoms with van der Waals surface area (Å²) in [4.78, 5) is 11.9. The smallest absolute Gasteiger partial charge is 0.309 e. The second-order valence-corrected chi connectivity index (χ2v) is 12.0. The first-order valence-electron chi connectivity index (χ1n) is 13.7. The Kier molecular flexibility index (Phi) is 7.04. The average molecular weight is 529 g/mol. The highest BCUT2D eigenvalue weighted by Gasteiger charge is 2.41. The third-order valence-corrected chi connectivity index (χ3v) is 8.71. The number of ether oxygens (including phenoxy) is 2. The van der Waals surface area contributed by atoms with Crippen molar-refractivity contribution in [2.24, 2.45) is 10.8 Å². The number of benzene rings is 3. The van der Waals surface area contributed by atoms with Crippen LogP contribution >= 0.6 is 0 Å². The maximum absolute atomic E-state index is 15.1. The van der Waals surface area contributed by atoms with Crippen molar-refractivity contribution in [1.29, 1.82) is 0 Å². The Balaban J connectivity index is 1.46. The molecule has 0 amide bonds. The Morgan fingerprint density at radius 1 is 1.03 bits per heavy atom. The standard InChI is InChI=1S/C34H37FO4/c1-33(2)16-6-7-29(33)27-17-21(8-13-25(27)28-18-23(38-5)12-15-31(28)35)20-39-24-11-9-22-10-14-30(26(22)19-24)34(3,4)32(36)37/h7-9,11-13,15,17-19,30H,6,10,14,16,20H2,1-5H3,(H,36,37)/t30-/m1/s1. The van der Waals surface area contributed by atoms with E-state index >= 15 is 4.39 Å². The van der Waals surface area contributed by atoms with Gasteiger partial charge in [0.1, 0.15) is 23.9 Å². The quantitative estimate of drug-likeness (QED) is 0.319. The van der Waals surface area contributed by atoms with E-state index in [-0.39, 0.29) is 17.2 Å². The zero-order valence-electron chi connectivity index (χ0n) is 23.4. The third-order valence-electron chi connectivity index (χ3n) is 8.71. The van der Waals surface area contributed by atoms with Crippen LogP contribution in [-0.2, 0) is 17.8 Å². The van der Waals surface area contributed by atoms with Gasteiger partial charge in [-0.1, -0.05) is 38.1 Å². The van der Waals surface area contributed by atoms with Gasteiger partial charge in [0.2, 0.25) is 0 Å². The van der Waals surface area contributed by atoms with Crippen molar-refractivity contribution in [2.45, 2.75) is 65.9 Å². The minimum Gasteiger partial charge on any atom is -0.497 e. The van der Waals surface area contributed by atoms with E-state index < -0.39 is 11.4 Å². The van der Waals surface area contributed by atoms with Gasteiger partial charge >= 0.3 is 5.97 Å². The number of rotatable bonds is 8. The van der Waals surface area contributed by atoms with Crippen molar-refractivity contribution >= 4 is 11.5 Å². The lowest BCUT2D eigenvalue weighted by Gasteiger charge is -2.28. The van der Waals surface area contributed by atoms with Crippen LogP contribution in [-0.4, -0.2) is 18.2 Å². The van der Waals surface area contributed by atoms with E-state index in [4.69, 9.17) is 9.47 Å². The average Bonchev–Trinajstić information content (AvgIpc) is 3.50. The van der Waals surface area contributed by atoms with Gasteiger partial charge in [-0.2, -0.15) is 0 Å². The number of carbonyl (C=O) groups is 1. The maximum atomic E-state index is 15.1. The second-order valence-electron chi connectivity index (χ2n) is 12.0. The number of carboxylic acids is 1. The van der Waals surface area contributed by atoms with E-state index in [9.17, 15) is 9.90 Å². The fraction of sp³-hybridized carbons (Fsp3) is 0.382. The Morgan fingerprint density at radius 2 is 1.79 bits per heavy atom. The van der Waals surface area contributed by atoms with Crippen LogP contribution in [0.4, 0.5) is 4.39 Å². The Bertz CT molecular complexity index is 1450. The van der Waals surface area contributed by atoms with Crippen LogP contribution in [0.1, 0.15) is 75.1 Å². The molecule has 39 heavy (non-hydrogen) atoms. The molecule has 4 nitrogen and oxygen atoms in total. The van der Waals surface area contributed by atoms with Crippen LogP contribution in [0.15, 0.2) is 60.7 Å². The fourth-order valence-electron chi connectivity index (χ4n) is 6.17. The first-order valence-corrected chi connectivity index (χ1v) is 13.7. The normalized spacial score (nSPS) is 18.0. The molecule has 5 rings (SSSR count). The van der Waals surface area contributed by atoms with Crippen LogP contribution < -0.4 is 9.47 Å². The lowest BCUT2D eigenvalue weighted by molar-refractivity contribution is -0.148. The second kappa shape index (κ2) is 10.2. The van der Waals surface area contributed by atoms with Gasteiger partial charge in [0.15, 0.2) is 0 Å². The van der Waals surface area contributed by atoms with Crippen molar-refractivity contribution in [2.75, 3.05) is 7.11 Å². The minimum atomic E-state index is -0.841. The lowest BCUT2D eigenvalue weighted by atomic mass is 9.75. The van der Waals surface area contributed by atoms with Gasteiger partial charge in [-0.25, -0.2) is 4.39 Å². The van der Waals surface area contributed by atoms with Gasteiger partial charge in [-0.3, -0.25) is 4.79 Å². The van der Waals surface area contributed by atoms with Crippen LogP contribution in [0.5, 0.6) is 11.5 Å². The summed E-state index contributed by atoms with van der Waals surface area (Å²) in [6.07, 6.45) is 6.02. The molecule has 0 spiro atoms. The first-order chi connectivity index (χ1) is 18.5. The Morgan fingerprint density at radius 3 is 2.49 bits per heavy atom. The summed E-state index contributed by atoms with van der Waals surface area (Å²) in [6, 6.07) is 17.0. The highest BCUT2D eigenvalue weighted by Crippen LogP contribution is 2.48. The van der Waals surface area contributed by atoms with Gasteiger partial charge in [-0.15, -0.1) is 0 Å². The highest BCUT2D eigenvalue weighted by atomic mass is 19.1. The molecule has 2 aliphatic rings. The summed E-state index contributed by atoms with van der Waals surface area (Å²) in [5.41, 5.74) is 6.00. The van der Waals surface area contributed by atoms with E-state index in [0.717, 1.165) is 53.7 Å². The summed E-state index contributed by atoms with van der Waals surface area (Å²) < 4.78 is 26.7. The molecule has 2 aliphatic carbocycles. The van der Waals surface area contributed by atoms with Crippen molar-refractivity contribution < 1.29 is 23.8 Å². The van der Waals surface area contributed by atoms with E-state index in [2.05, 4.69) is 32.1 Å². The molecule has 0 heterocycles. The van der Waals surface area contributed by atoms with Gasteiger partial charge in [0.05, 0.1) is 12.5 Å². The van der Waals surface area contributed by atoms with Crippen molar-refractivity contribution in [3.63, 3.8) is 0 Å². The Labute approximate surface area is 230 Å². The molecule has 0 unspecified atom stereocenters. The number of allylic oxidation sites excluding steroid dienone is 2. The minimum absolute atomic E-state index is 0.0183. The molecule has 1 atom stereocenters. The zero-order chi connectivity index (χ0) is 27.9. The molecule has 1 N–H and O–H groups in total. The number of halogens is 1. The number of aryl methyl sites for hydroxylation is 1. The highest BCUT2D eigenvalue weighted by molar-refractivity contribution is 5.85. The molecule has 3 aromatic rings. The molecule has 5 heteroatoms. The number of fused-ring (bicyclic) bond motifs is 1. The topological polar surface area (TPSA) is 55.8 Å². The van der Waals surface area contributed by atoms with Crippen molar-refractivity contribution in [1.82, 2.24) is 0 Å². The number of hydrogen-bond donors (Lipinski definition) is 1. The molecular formula is C34H37FO4. The van der Waals surface area contributed by atoms with Crippen molar-refractivity contribution in [3.05, 3.63) is 88.7 Å². The summed E-state index contributed by atoms with van der Waals surface area (Å²) in [5.74, 6) is 0.233. The molecule has 0 fully saturated rings. The number of carboxylic acid groups (broad SMARTS) is 1. The van der Waals surface area contributed by atoms with Crippen molar-refractivity contribution in [3.8, 4) is 22.6 Å². The van der Waals surface area contributed by atoms with Gasteiger partial charge in [0.25, 0.3) is 0 Å². The SMILES string of the molecule is COc1ccc(F)c(-c2ccc(COc3ccc4c(c3)[C@H](C(C)(C)C(=O)O)CC4)cc2C2=CCCC2(C)C)c1. The molecule has 0 saturated heterocycles. The van der Waals surface area contributed by atoms with Gasteiger partial charge < -0.3 is 14.6 Å². The summed E-state index contributed by atoms with van der Waals surface area (Å²) in [6.45, 7) is 8.43. The van der Waals surface area contributed by atoms with E-state index in [0.29, 0.717) is 17.9 Å². The molecular weight excluding hydrogens is 491 g/mol. The predicted molar refractivity (Wildman–Crippen MR) is 153 cm³/mol. The first kappa shape index (κ1) is 27.0. The molecule has 0 aromatic heterocycles. The third kappa shape index (κ3) is 5.07. The maximum Gasteiger partial charge on any atom is 0.309 e. The number of methoxy groups -OCH3 is 1. The molecule has 204 valence electrons. The van der Waals surface area contributed by atoms with Crippen LogP contribution in [0.25, 0.3) is 16.7 Å². The number of aliphatic carboxylic acids is 1. The molecule has 0 bridgehead atoms. The van der Waals surface area contributed by atoms with Crippen LogP contribution in [0.2, 0.25) is 0 Å². The lowest BCUT2D eigenvalue weighted by Crippen LogP contribution is -2.30. The van der Waals surface area contributed by atoms with Gasteiger partial charge in [0, 0.05) is 11.5 Å². The largest absolute Gasteiger partial charge is 0.497 e. The molecule has 3 aromatic carbocycles. The van der Waals surface area contributed by atoms with E-state index in [1.165, 1.54) is 17.2 Å². The predicted octanol–water partition coefficient (Wildman–Crippen LogP) is 8.42.